The number of carboxylic acids is 1. The molecule has 2 N–H and O–H groups in total. The minimum absolute atomic E-state index is 0.0647. The summed E-state index contributed by atoms with van der Waals surface area (Å²) in [4.78, 5) is 35.9. The molecule has 0 aliphatic carbocycles. The predicted octanol–water partition coefficient (Wildman–Crippen LogP) is 1.55. The van der Waals surface area contributed by atoms with E-state index < -0.39 is 17.3 Å². The number of hydrogen-bond donors (Lipinski definition) is 2. The number of carboxylic acid groups (broad SMARTS) is 1. The second-order valence-corrected chi connectivity index (χ2v) is 5.60. The molecule has 0 fully saturated rings. The molecule has 126 valence electrons. The normalized spacial score (nSPS) is 13.1. The Balaban J connectivity index is 2.29. The molecule has 0 saturated carbocycles. The highest BCUT2D eigenvalue weighted by atomic mass is 16.4. The van der Waals surface area contributed by atoms with Gasteiger partial charge in [-0.3, -0.25) is 14.4 Å². The van der Waals surface area contributed by atoms with E-state index in [2.05, 4.69) is 5.32 Å². The van der Waals surface area contributed by atoms with E-state index in [0.717, 1.165) is 0 Å². The van der Waals surface area contributed by atoms with Gasteiger partial charge in [0.1, 0.15) is 11.1 Å². The predicted molar refractivity (Wildman–Crippen MR) is 90.1 cm³/mol. The van der Waals surface area contributed by atoms with Crippen molar-refractivity contribution in [2.45, 2.75) is 18.8 Å². The fraction of sp³-hybridized carbons (Fsp3) is 0.278. The molecule has 0 spiro atoms. The van der Waals surface area contributed by atoms with E-state index in [4.69, 9.17) is 0 Å². The lowest BCUT2D eigenvalue weighted by atomic mass is 9.78. The number of amides is 1. The Kier molecular flexibility index (Phi) is 5.18. The maximum absolute atomic E-state index is 12.4. The lowest BCUT2D eigenvalue weighted by Crippen LogP contribution is -2.46. The van der Waals surface area contributed by atoms with Crippen molar-refractivity contribution in [3.05, 3.63) is 70.1 Å². The third-order valence-corrected chi connectivity index (χ3v) is 4.31. The number of aromatic nitrogens is 1. The van der Waals surface area contributed by atoms with Gasteiger partial charge in [0.15, 0.2) is 0 Å². The summed E-state index contributed by atoms with van der Waals surface area (Å²) < 4.78 is 1.23. The van der Waals surface area contributed by atoms with E-state index in [1.165, 1.54) is 29.8 Å². The van der Waals surface area contributed by atoms with Crippen LogP contribution in [0.25, 0.3) is 0 Å². The maximum Gasteiger partial charge on any atom is 0.315 e. The van der Waals surface area contributed by atoms with E-state index in [-0.39, 0.29) is 17.8 Å². The van der Waals surface area contributed by atoms with Crippen molar-refractivity contribution in [1.29, 1.82) is 0 Å². The monoisotopic (exact) mass is 328 g/mol. The lowest BCUT2D eigenvalue weighted by Gasteiger charge is -2.29. The van der Waals surface area contributed by atoms with Crippen molar-refractivity contribution >= 4 is 11.9 Å². The quantitative estimate of drug-likeness (QED) is 0.842. The molecule has 1 aromatic carbocycles. The first-order valence-electron chi connectivity index (χ1n) is 7.65. The van der Waals surface area contributed by atoms with Gasteiger partial charge in [0.2, 0.25) is 0 Å². The molecule has 2 aromatic rings. The van der Waals surface area contributed by atoms with Crippen molar-refractivity contribution in [3.8, 4) is 0 Å². The molecular formula is C18H20N2O4. The highest BCUT2D eigenvalue weighted by Crippen LogP contribution is 2.27. The Hall–Kier alpha value is -2.89. The lowest BCUT2D eigenvalue weighted by molar-refractivity contribution is -0.143. The number of carbonyl (C=O) groups excluding carboxylic acids is 1. The Morgan fingerprint density at radius 3 is 2.38 bits per heavy atom. The van der Waals surface area contributed by atoms with Crippen LogP contribution in [0.2, 0.25) is 0 Å². The molecule has 1 unspecified atom stereocenters. The van der Waals surface area contributed by atoms with Gasteiger partial charge in [-0.15, -0.1) is 0 Å². The van der Waals surface area contributed by atoms with E-state index in [1.807, 2.05) is 6.07 Å². The molecule has 6 nitrogen and oxygen atoms in total. The smallest absolute Gasteiger partial charge is 0.315 e. The van der Waals surface area contributed by atoms with Crippen LogP contribution in [0.3, 0.4) is 0 Å². The minimum Gasteiger partial charge on any atom is -0.481 e. The van der Waals surface area contributed by atoms with Crippen molar-refractivity contribution in [3.63, 3.8) is 0 Å². The fourth-order valence-electron chi connectivity index (χ4n) is 2.65. The zero-order chi connectivity index (χ0) is 17.7. The van der Waals surface area contributed by atoms with Crippen LogP contribution in [0.15, 0.2) is 53.3 Å². The molecule has 2 rings (SSSR count). The van der Waals surface area contributed by atoms with E-state index in [0.29, 0.717) is 12.0 Å². The fourth-order valence-corrected chi connectivity index (χ4v) is 2.65. The SMILES string of the molecule is CCC(CNC(=O)c1cccc(=O)n1C)(C(=O)O)c1ccccc1. The van der Waals surface area contributed by atoms with Crippen LogP contribution < -0.4 is 10.9 Å². The van der Waals surface area contributed by atoms with Gasteiger partial charge in [0, 0.05) is 19.7 Å². The third kappa shape index (κ3) is 3.22. The number of nitrogens with one attached hydrogen (secondary N) is 1. The summed E-state index contributed by atoms with van der Waals surface area (Å²) in [6, 6.07) is 13.2. The number of aliphatic carboxylic acids is 1. The van der Waals surface area contributed by atoms with Gasteiger partial charge in [-0.25, -0.2) is 0 Å². The van der Waals surface area contributed by atoms with Crippen molar-refractivity contribution in [2.24, 2.45) is 7.05 Å². The number of nitrogens with zero attached hydrogens (tertiary/aromatic N) is 1. The molecule has 1 aromatic heterocycles. The van der Waals surface area contributed by atoms with Crippen molar-refractivity contribution < 1.29 is 14.7 Å². The summed E-state index contributed by atoms with van der Waals surface area (Å²) in [5.41, 5.74) is -0.705. The van der Waals surface area contributed by atoms with Gasteiger partial charge in [-0.05, 0) is 18.1 Å². The average molecular weight is 328 g/mol. The zero-order valence-electron chi connectivity index (χ0n) is 13.7. The summed E-state index contributed by atoms with van der Waals surface area (Å²) in [7, 11) is 1.50. The third-order valence-electron chi connectivity index (χ3n) is 4.31. The first-order valence-corrected chi connectivity index (χ1v) is 7.65. The Morgan fingerprint density at radius 1 is 1.12 bits per heavy atom. The first-order chi connectivity index (χ1) is 11.4. The number of carbonyl (C=O) groups is 2. The highest BCUT2D eigenvalue weighted by Gasteiger charge is 2.39. The number of benzene rings is 1. The molecule has 0 aliphatic rings. The zero-order valence-corrected chi connectivity index (χ0v) is 13.7. The second-order valence-electron chi connectivity index (χ2n) is 5.60. The van der Waals surface area contributed by atoms with Crippen molar-refractivity contribution in [2.75, 3.05) is 6.54 Å². The minimum atomic E-state index is -1.22. The Bertz CT molecular complexity index is 798. The van der Waals surface area contributed by atoms with Crippen LogP contribution in [0.1, 0.15) is 29.4 Å². The summed E-state index contributed by atoms with van der Waals surface area (Å²) in [6.45, 7) is 1.70. The first kappa shape index (κ1) is 17.5. The van der Waals surface area contributed by atoms with Gasteiger partial charge < -0.3 is 15.0 Å². The standard InChI is InChI=1S/C18H20N2O4/c1-3-18(17(23)24,13-8-5-4-6-9-13)12-19-16(22)14-10-7-11-15(21)20(14)2/h4-11H,3,12H2,1-2H3,(H,19,22)(H,23,24). The molecule has 1 atom stereocenters. The van der Waals surface area contributed by atoms with Crippen molar-refractivity contribution in [1.82, 2.24) is 9.88 Å². The van der Waals surface area contributed by atoms with E-state index in [9.17, 15) is 19.5 Å². The van der Waals surface area contributed by atoms with Gasteiger partial charge in [0.05, 0.1) is 0 Å². The molecule has 0 radical (unpaired) electrons. The molecule has 0 saturated heterocycles. The molecule has 24 heavy (non-hydrogen) atoms. The molecule has 0 aliphatic heterocycles. The van der Waals surface area contributed by atoms with Gasteiger partial charge in [-0.1, -0.05) is 43.3 Å². The summed E-state index contributed by atoms with van der Waals surface area (Å²) in [6.07, 6.45) is 0.320. The van der Waals surface area contributed by atoms with Crippen LogP contribution in [0, 0.1) is 0 Å². The maximum atomic E-state index is 12.4. The molecule has 1 amide bonds. The number of rotatable bonds is 6. The van der Waals surface area contributed by atoms with Crippen LogP contribution in [-0.2, 0) is 17.3 Å². The molecule has 1 heterocycles. The van der Waals surface area contributed by atoms with Gasteiger partial charge in [0.25, 0.3) is 11.5 Å². The molecule has 6 heteroatoms. The van der Waals surface area contributed by atoms with Gasteiger partial charge in [-0.2, -0.15) is 0 Å². The van der Waals surface area contributed by atoms with Gasteiger partial charge >= 0.3 is 5.97 Å². The van der Waals surface area contributed by atoms with E-state index in [1.54, 1.807) is 31.2 Å². The topological polar surface area (TPSA) is 88.4 Å². The number of pyridine rings is 1. The molecule has 0 bridgehead atoms. The van der Waals surface area contributed by atoms with Crippen LogP contribution in [0.5, 0.6) is 0 Å². The average Bonchev–Trinajstić information content (AvgIpc) is 2.58. The van der Waals surface area contributed by atoms with Crippen LogP contribution in [0.4, 0.5) is 0 Å². The molecular weight excluding hydrogens is 308 g/mol. The summed E-state index contributed by atoms with van der Waals surface area (Å²) >= 11 is 0. The van der Waals surface area contributed by atoms with Crippen LogP contribution >= 0.6 is 0 Å². The Morgan fingerprint density at radius 2 is 1.79 bits per heavy atom. The number of hydrogen-bond acceptors (Lipinski definition) is 3. The second kappa shape index (κ2) is 7.12. The Labute approximate surface area is 139 Å². The summed E-state index contributed by atoms with van der Waals surface area (Å²) in [5, 5.41) is 12.4. The largest absolute Gasteiger partial charge is 0.481 e. The summed E-state index contributed by atoms with van der Waals surface area (Å²) in [5.74, 6) is -1.48. The highest BCUT2D eigenvalue weighted by molar-refractivity contribution is 5.93. The van der Waals surface area contributed by atoms with E-state index >= 15 is 0 Å². The van der Waals surface area contributed by atoms with Crippen LogP contribution in [-0.4, -0.2) is 28.1 Å².